The number of nitrogens with zero attached hydrogens (tertiary/aromatic N) is 1. The van der Waals surface area contributed by atoms with Crippen LogP contribution in [0.4, 0.5) is 13.2 Å². The molecule has 0 aliphatic carbocycles. The summed E-state index contributed by atoms with van der Waals surface area (Å²) in [6, 6.07) is 1.07. The molecule has 0 bridgehead atoms. The number of pyridine rings is 1. The minimum absolute atomic E-state index is 0.0713. The Kier molecular flexibility index (Phi) is 3.58. The van der Waals surface area contributed by atoms with Crippen molar-refractivity contribution in [2.45, 2.75) is 12.2 Å². The van der Waals surface area contributed by atoms with Gasteiger partial charge in [0.2, 0.25) is 0 Å². The van der Waals surface area contributed by atoms with E-state index >= 15 is 0 Å². The highest BCUT2D eigenvalue weighted by atomic mass is 35.5. The van der Waals surface area contributed by atoms with Crippen molar-refractivity contribution in [3.8, 4) is 11.6 Å². The molecule has 1 aromatic rings. The van der Waals surface area contributed by atoms with Crippen LogP contribution in [0.1, 0.15) is 16.1 Å². The van der Waals surface area contributed by atoms with Crippen LogP contribution in [0.25, 0.3) is 0 Å². The van der Waals surface area contributed by atoms with Gasteiger partial charge in [0.25, 0.3) is 5.88 Å². The van der Waals surface area contributed by atoms with Gasteiger partial charge in [-0.2, -0.15) is 0 Å². The van der Waals surface area contributed by atoms with E-state index in [1.54, 1.807) is 0 Å². The number of halogens is 4. The maximum atomic E-state index is 11.9. The lowest BCUT2D eigenvalue weighted by Crippen LogP contribution is -2.18. The molecule has 8 heteroatoms. The number of aromatic hydroxyl groups is 1. The molecule has 4 nitrogen and oxygen atoms in total. The van der Waals surface area contributed by atoms with Crippen molar-refractivity contribution in [3.05, 3.63) is 17.3 Å². The molecule has 16 heavy (non-hydrogen) atoms. The van der Waals surface area contributed by atoms with Gasteiger partial charge >= 0.3 is 6.36 Å². The summed E-state index contributed by atoms with van der Waals surface area (Å²) in [7, 11) is 0. The fraction of sp³-hybridized carbons (Fsp3) is 0.250. The number of hydrogen-bond acceptors (Lipinski definition) is 4. The van der Waals surface area contributed by atoms with Crippen LogP contribution in [-0.2, 0) is 5.88 Å². The van der Waals surface area contributed by atoms with Crippen LogP contribution in [0.2, 0.25) is 0 Å². The number of carbonyl (C=O) groups is 1. The zero-order valence-corrected chi connectivity index (χ0v) is 8.34. The summed E-state index contributed by atoms with van der Waals surface area (Å²) >= 11 is 5.36. The monoisotopic (exact) mass is 255 g/mol. The average molecular weight is 256 g/mol. The molecule has 0 atom stereocenters. The number of aromatic nitrogens is 1. The molecule has 0 aliphatic heterocycles. The SMILES string of the molecule is O=Cc1cc(CCl)c(O)c(OC(F)(F)F)n1. The molecule has 1 rings (SSSR count). The summed E-state index contributed by atoms with van der Waals surface area (Å²) in [5, 5.41) is 9.28. The maximum Gasteiger partial charge on any atom is 0.574 e. The van der Waals surface area contributed by atoms with Gasteiger partial charge in [-0.3, -0.25) is 4.79 Å². The highest BCUT2D eigenvalue weighted by Gasteiger charge is 2.33. The summed E-state index contributed by atoms with van der Waals surface area (Å²) in [5.74, 6) is -2.20. The molecule has 1 N–H and O–H groups in total. The van der Waals surface area contributed by atoms with Gasteiger partial charge in [0.05, 0.1) is 5.88 Å². The van der Waals surface area contributed by atoms with Crippen molar-refractivity contribution in [1.82, 2.24) is 4.98 Å². The van der Waals surface area contributed by atoms with Gasteiger partial charge in [-0.15, -0.1) is 24.8 Å². The minimum atomic E-state index is -5.00. The number of ether oxygens (including phenoxy) is 1. The minimum Gasteiger partial charge on any atom is -0.503 e. The number of carbonyl (C=O) groups excluding carboxylic acids is 1. The Morgan fingerprint density at radius 3 is 2.62 bits per heavy atom. The van der Waals surface area contributed by atoms with Crippen LogP contribution >= 0.6 is 11.6 Å². The predicted molar refractivity (Wildman–Crippen MR) is 47.5 cm³/mol. The van der Waals surface area contributed by atoms with Gasteiger partial charge in [-0.25, -0.2) is 4.98 Å². The summed E-state index contributed by atoms with van der Waals surface area (Å²) in [6.07, 6.45) is -4.78. The second kappa shape index (κ2) is 4.56. The van der Waals surface area contributed by atoms with E-state index < -0.39 is 18.0 Å². The maximum absolute atomic E-state index is 11.9. The molecule has 88 valence electrons. The van der Waals surface area contributed by atoms with Crippen LogP contribution in [0.5, 0.6) is 11.6 Å². The van der Waals surface area contributed by atoms with Crippen LogP contribution in [0.15, 0.2) is 6.07 Å². The topological polar surface area (TPSA) is 59.4 Å². The second-order valence-electron chi connectivity index (χ2n) is 2.66. The van der Waals surface area contributed by atoms with E-state index in [0.29, 0.717) is 0 Å². The largest absolute Gasteiger partial charge is 0.574 e. The average Bonchev–Trinajstić information content (AvgIpc) is 2.19. The molecule has 0 radical (unpaired) electrons. The Morgan fingerprint density at radius 1 is 1.56 bits per heavy atom. The first kappa shape index (κ1) is 12.6. The molecule has 1 heterocycles. The summed E-state index contributed by atoms with van der Waals surface area (Å²) in [6.45, 7) is 0. The number of aldehydes is 1. The molecule has 0 saturated heterocycles. The Morgan fingerprint density at radius 2 is 2.19 bits per heavy atom. The molecule has 1 aromatic heterocycles. The molecule has 0 aliphatic rings. The molecule has 0 unspecified atom stereocenters. The first-order valence-corrected chi connectivity index (χ1v) is 4.40. The zero-order valence-electron chi connectivity index (χ0n) is 7.58. The quantitative estimate of drug-likeness (QED) is 0.665. The van der Waals surface area contributed by atoms with Gasteiger partial charge in [0.1, 0.15) is 5.69 Å². The van der Waals surface area contributed by atoms with Crippen molar-refractivity contribution in [2.75, 3.05) is 0 Å². The van der Waals surface area contributed by atoms with E-state index in [4.69, 9.17) is 11.6 Å². The van der Waals surface area contributed by atoms with Crippen LogP contribution in [0.3, 0.4) is 0 Å². The fourth-order valence-electron chi connectivity index (χ4n) is 0.930. The van der Waals surface area contributed by atoms with E-state index in [9.17, 15) is 23.1 Å². The fourth-order valence-corrected chi connectivity index (χ4v) is 1.13. The van der Waals surface area contributed by atoms with E-state index in [-0.39, 0.29) is 23.4 Å². The van der Waals surface area contributed by atoms with E-state index in [2.05, 4.69) is 9.72 Å². The predicted octanol–water partition coefficient (Wildman–Crippen LogP) is 2.24. The third-order valence-electron chi connectivity index (χ3n) is 1.54. The Labute approximate surface area is 92.6 Å². The molecule has 0 fully saturated rings. The van der Waals surface area contributed by atoms with Gasteiger partial charge in [0, 0.05) is 5.56 Å². The van der Waals surface area contributed by atoms with E-state index in [0.717, 1.165) is 6.07 Å². The van der Waals surface area contributed by atoms with Crippen molar-refractivity contribution >= 4 is 17.9 Å². The number of alkyl halides is 4. The van der Waals surface area contributed by atoms with Gasteiger partial charge < -0.3 is 9.84 Å². The third-order valence-corrected chi connectivity index (χ3v) is 1.82. The smallest absolute Gasteiger partial charge is 0.503 e. The van der Waals surface area contributed by atoms with Crippen LogP contribution in [-0.4, -0.2) is 22.7 Å². The molecular weight excluding hydrogens is 251 g/mol. The normalized spacial score (nSPS) is 11.2. The summed E-state index contributed by atoms with van der Waals surface area (Å²) < 4.78 is 39.1. The van der Waals surface area contributed by atoms with Crippen molar-refractivity contribution < 1.29 is 27.8 Å². The van der Waals surface area contributed by atoms with Crippen LogP contribution < -0.4 is 4.74 Å². The van der Waals surface area contributed by atoms with Crippen molar-refractivity contribution in [2.24, 2.45) is 0 Å². The highest BCUT2D eigenvalue weighted by Crippen LogP contribution is 2.33. The molecular formula is C8H5ClF3NO3. The van der Waals surface area contributed by atoms with Gasteiger partial charge in [0.15, 0.2) is 12.0 Å². The van der Waals surface area contributed by atoms with Crippen molar-refractivity contribution in [3.63, 3.8) is 0 Å². The number of rotatable bonds is 3. The van der Waals surface area contributed by atoms with E-state index in [1.165, 1.54) is 0 Å². The molecule has 0 amide bonds. The Hall–Kier alpha value is -1.50. The molecule has 0 spiro atoms. The lowest BCUT2D eigenvalue weighted by atomic mass is 10.2. The van der Waals surface area contributed by atoms with Crippen LogP contribution in [0, 0.1) is 0 Å². The van der Waals surface area contributed by atoms with Gasteiger partial charge in [-0.1, -0.05) is 0 Å². The molecule has 0 aromatic carbocycles. The third kappa shape index (κ3) is 2.99. The number of hydrogen-bond donors (Lipinski definition) is 1. The Bertz CT molecular complexity index is 408. The standard InChI is InChI=1S/C8H5ClF3NO3/c9-2-4-1-5(3-14)13-7(6(4)15)16-8(10,11)12/h1,3,15H,2H2. The second-order valence-corrected chi connectivity index (χ2v) is 2.93. The highest BCUT2D eigenvalue weighted by molar-refractivity contribution is 6.17. The first-order chi connectivity index (χ1) is 7.37. The lowest BCUT2D eigenvalue weighted by Gasteiger charge is -2.11. The Balaban J connectivity index is 3.21. The summed E-state index contributed by atoms with van der Waals surface area (Å²) in [5.41, 5.74) is -0.384. The van der Waals surface area contributed by atoms with E-state index in [1.807, 2.05) is 0 Å². The van der Waals surface area contributed by atoms with Crippen molar-refractivity contribution in [1.29, 1.82) is 0 Å². The zero-order chi connectivity index (χ0) is 12.3. The van der Waals surface area contributed by atoms with Gasteiger partial charge in [-0.05, 0) is 6.07 Å². The molecule has 0 saturated carbocycles. The lowest BCUT2D eigenvalue weighted by molar-refractivity contribution is -0.276. The summed E-state index contributed by atoms with van der Waals surface area (Å²) in [4.78, 5) is 13.5. The first-order valence-electron chi connectivity index (χ1n) is 3.87.